The molecule has 0 aromatic heterocycles. The Kier molecular flexibility index (Phi) is 5.64. The maximum absolute atomic E-state index is 12.1. The quantitative estimate of drug-likeness (QED) is 0.444. The SMILES string of the molecule is COc1cc(/C=C/C(=O)c2ccccc2)c(S(=O)(=O)Cl)cc1OC. The average molecular weight is 367 g/mol. The van der Waals surface area contributed by atoms with Crippen molar-refractivity contribution in [2.45, 2.75) is 4.90 Å². The Morgan fingerprint density at radius 2 is 1.62 bits per heavy atom. The first kappa shape index (κ1) is 18.0. The van der Waals surface area contributed by atoms with Crippen molar-refractivity contribution in [3.63, 3.8) is 0 Å². The van der Waals surface area contributed by atoms with Crippen LogP contribution < -0.4 is 9.47 Å². The summed E-state index contributed by atoms with van der Waals surface area (Å²) in [6.07, 6.45) is 2.66. The summed E-state index contributed by atoms with van der Waals surface area (Å²) in [6.45, 7) is 0. The van der Waals surface area contributed by atoms with Crippen LogP contribution >= 0.6 is 10.7 Å². The molecule has 0 spiro atoms. The van der Waals surface area contributed by atoms with Crippen LogP contribution in [0.1, 0.15) is 15.9 Å². The normalized spacial score (nSPS) is 11.5. The number of ketones is 1. The fourth-order valence-electron chi connectivity index (χ4n) is 2.08. The molecule has 0 bridgehead atoms. The zero-order chi connectivity index (χ0) is 17.7. The first-order chi connectivity index (χ1) is 11.4. The number of benzene rings is 2. The lowest BCUT2D eigenvalue weighted by Crippen LogP contribution is -1.99. The van der Waals surface area contributed by atoms with Crippen LogP contribution in [0.25, 0.3) is 6.08 Å². The van der Waals surface area contributed by atoms with Crippen LogP contribution in [0.4, 0.5) is 0 Å². The number of rotatable bonds is 6. The summed E-state index contributed by atoms with van der Waals surface area (Å²) in [5.74, 6) is 0.292. The third kappa shape index (κ3) is 4.15. The second kappa shape index (κ2) is 7.51. The summed E-state index contributed by atoms with van der Waals surface area (Å²) >= 11 is 0. The zero-order valence-corrected chi connectivity index (χ0v) is 14.6. The van der Waals surface area contributed by atoms with Crippen molar-refractivity contribution in [2.24, 2.45) is 0 Å². The molecule has 0 amide bonds. The van der Waals surface area contributed by atoms with Crippen LogP contribution in [0.15, 0.2) is 53.4 Å². The third-order valence-electron chi connectivity index (χ3n) is 3.25. The van der Waals surface area contributed by atoms with Crippen LogP contribution in [-0.4, -0.2) is 28.4 Å². The fourth-order valence-corrected chi connectivity index (χ4v) is 3.14. The minimum atomic E-state index is -4.03. The van der Waals surface area contributed by atoms with Gasteiger partial charge in [0, 0.05) is 22.3 Å². The van der Waals surface area contributed by atoms with E-state index >= 15 is 0 Å². The molecule has 0 saturated carbocycles. The molecule has 2 aromatic carbocycles. The second-order valence-electron chi connectivity index (χ2n) is 4.75. The van der Waals surface area contributed by atoms with E-state index in [0.29, 0.717) is 11.3 Å². The van der Waals surface area contributed by atoms with Crippen LogP contribution in [-0.2, 0) is 9.05 Å². The molecule has 2 aromatic rings. The lowest BCUT2D eigenvalue weighted by atomic mass is 10.1. The van der Waals surface area contributed by atoms with Crippen molar-refractivity contribution in [1.82, 2.24) is 0 Å². The van der Waals surface area contributed by atoms with Crippen molar-refractivity contribution in [1.29, 1.82) is 0 Å². The molecule has 5 nitrogen and oxygen atoms in total. The fraction of sp³-hybridized carbons (Fsp3) is 0.118. The average Bonchev–Trinajstić information content (AvgIpc) is 2.58. The van der Waals surface area contributed by atoms with Gasteiger partial charge in [0.05, 0.1) is 19.1 Å². The number of ether oxygens (including phenoxy) is 2. The molecular formula is C17H15ClO5S. The molecule has 0 N–H and O–H groups in total. The standard InChI is InChI=1S/C17H15ClO5S/c1-22-15-10-13(17(24(18,20)21)11-16(15)23-2)8-9-14(19)12-6-4-3-5-7-12/h3-11H,1-2H3/b9-8+. The van der Waals surface area contributed by atoms with Gasteiger partial charge in [-0.2, -0.15) is 0 Å². The molecule has 0 saturated heterocycles. The molecule has 0 aliphatic carbocycles. The number of carbonyl (C=O) groups excluding carboxylic acids is 1. The second-order valence-corrected chi connectivity index (χ2v) is 7.28. The highest BCUT2D eigenvalue weighted by Gasteiger charge is 2.19. The third-order valence-corrected chi connectivity index (χ3v) is 4.63. The Bertz CT molecular complexity index is 873. The molecule has 0 radical (unpaired) electrons. The summed E-state index contributed by atoms with van der Waals surface area (Å²) in [5, 5.41) is 0. The van der Waals surface area contributed by atoms with E-state index in [1.54, 1.807) is 30.3 Å². The first-order valence-electron chi connectivity index (χ1n) is 6.85. The Labute approximate surface area is 144 Å². The molecule has 0 fully saturated rings. The van der Waals surface area contributed by atoms with Gasteiger partial charge in [0.1, 0.15) is 0 Å². The summed E-state index contributed by atoms with van der Waals surface area (Å²) in [4.78, 5) is 12.0. The van der Waals surface area contributed by atoms with Crippen LogP contribution in [0, 0.1) is 0 Å². The van der Waals surface area contributed by atoms with E-state index in [1.807, 2.05) is 0 Å². The lowest BCUT2D eigenvalue weighted by molar-refractivity contribution is 0.104. The van der Waals surface area contributed by atoms with Gasteiger partial charge in [-0.05, 0) is 23.8 Å². The smallest absolute Gasteiger partial charge is 0.262 e. The lowest BCUT2D eigenvalue weighted by Gasteiger charge is -2.11. The Morgan fingerprint density at radius 1 is 1.04 bits per heavy atom. The number of hydrogen-bond acceptors (Lipinski definition) is 5. The predicted molar refractivity (Wildman–Crippen MR) is 92.4 cm³/mol. The van der Waals surface area contributed by atoms with Gasteiger partial charge in [-0.25, -0.2) is 8.42 Å². The van der Waals surface area contributed by atoms with Gasteiger partial charge >= 0.3 is 0 Å². The number of allylic oxidation sites excluding steroid dienone is 1. The summed E-state index contributed by atoms with van der Waals surface area (Å²) < 4.78 is 33.8. The molecule has 24 heavy (non-hydrogen) atoms. The van der Waals surface area contributed by atoms with Crippen molar-refractivity contribution in [3.8, 4) is 11.5 Å². The van der Waals surface area contributed by atoms with E-state index in [1.165, 1.54) is 38.5 Å². The molecule has 0 aliphatic heterocycles. The molecule has 7 heteroatoms. The van der Waals surface area contributed by atoms with E-state index in [2.05, 4.69) is 0 Å². The van der Waals surface area contributed by atoms with E-state index in [9.17, 15) is 13.2 Å². The monoisotopic (exact) mass is 366 g/mol. The minimum absolute atomic E-state index is 0.168. The zero-order valence-electron chi connectivity index (χ0n) is 13.0. The summed E-state index contributed by atoms with van der Waals surface area (Å²) in [6, 6.07) is 11.3. The summed E-state index contributed by atoms with van der Waals surface area (Å²) in [5.41, 5.74) is 0.719. The van der Waals surface area contributed by atoms with Crippen molar-refractivity contribution in [2.75, 3.05) is 14.2 Å². The van der Waals surface area contributed by atoms with E-state index < -0.39 is 9.05 Å². The molecule has 0 unspecified atom stereocenters. The number of methoxy groups -OCH3 is 2. The molecule has 0 aliphatic rings. The van der Waals surface area contributed by atoms with E-state index in [4.69, 9.17) is 20.2 Å². The highest BCUT2D eigenvalue weighted by Crippen LogP contribution is 2.34. The van der Waals surface area contributed by atoms with Crippen LogP contribution in [0.3, 0.4) is 0 Å². The Morgan fingerprint density at radius 3 is 2.17 bits per heavy atom. The van der Waals surface area contributed by atoms with Gasteiger partial charge in [-0.3, -0.25) is 4.79 Å². The van der Waals surface area contributed by atoms with Crippen LogP contribution in [0.5, 0.6) is 11.5 Å². The van der Waals surface area contributed by atoms with Gasteiger partial charge in [0.15, 0.2) is 17.3 Å². The van der Waals surface area contributed by atoms with Gasteiger partial charge in [-0.1, -0.05) is 30.3 Å². The van der Waals surface area contributed by atoms with E-state index in [0.717, 1.165) is 0 Å². The van der Waals surface area contributed by atoms with Crippen LogP contribution in [0.2, 0.25) is 0 Å². The van der Waals surface area contributed by atoms with Crippen molar-refractivity contribution in [3.05, 3.63) is 59.7 Å². The van der Waals surface area contributed by atoms with Gasteiger partial charge in [-0.15, -0.1) is 0 Å². The highest BCUT2D eigenvalue weighted by atomic mass is 35.7. The molecule has 0 atom stereocenters. The van der Waals surface area contributed by atoms with E-state index in [-0.39, 0.29) is 22.0 Å². The first-order valence-corrected chi connectivity index (χ1v) is 9.16. The molecule has 0 heterocycles. The van der Waals surface area contributed by atoms with Gasteiger partial charge < -0.3 is 9.47 Å². The van der Waals surface area contributed by atoms with Crippen molar-refractivity contribution >= 4 is 31.6 Å². The molecule has 126 valence electrons. The largest absolute Gasteiger partial charge is 0.493 e. The highest BCUT2D eigenvalue weighted by molar-refractivity contribution is 8.13. The van der Waals surface area contributed by atoms with Gasteiger partial charge in [0.2, 0.25) is 0 Å². The maximum Gasteiger partial charge on any atom is 0.262 e. The number of halogens is 1. The molecular weight excluding hydrogens is 352 g/mol. The van der Waals surface area contributed by atoms with Gasteiger partial charge in [0.25, 0.3) is 9.05 Å². The number of hydrogen-bond donors (Lipinski definition) is 0. The molecule has 2 rings (SSSR count). The van der Waals surface area contributed by atoms with Crippen molar-refractivity contribution < 1.29 is 22.7 Å². The number of carbonyl (C=O) groups is 1. The minimum Gasteiger partial charge on any atom is -0.493 e. The Hall–Kier alpha value is -2.31. The predicted octanol–water partition coefficient (Wildman–Crippen LogP) is 3.53. The summed E-state index contributed by atoms with van der Waals surface area (Å²) in [7, 11) is 4.26. The topological polar surface area (TPSA) is 69.7 Å². The maximum atomic E-state index is 12.1. The Balaban J connectivity index is 2.48.